The maximum atomic E-state index is 11.0. The van der Waals surface area contributed by atoms with Crippen molar-refractivity contribution in [3.8, 4) is 0 Å². The van der Waals surface area contributed by atoms with Crippen LogP contribution in [-0.2, 0) is 4.79 Å². The van der Waals surface area contributed by atoms with Crippen molar-refractivity contribution in [3.63, 3.8) is 0 Å². The number of hydrogen-bond donors (Lipinski definition) is 1. The van der Waals surface area contributed by atoms with Crippen LogP contribution >= 0.6 is 15.9 Å². The first-order chi connectivity index (χ1) is 9.13. The van der Waals surface area contributed by atoms with Gasteiger partial charge >= 0.3 is 5.97 Å². The molecule has 2 aromatic rings. The average molecular weight is 321 g/mol. The molecule has 0 radical (unpaired) electrons. The summed E-state index contributed by atoms with van der Waals surface area (Å²) in [5.41, 5.74) is 0.930. The molecule has 4 nitrogen and oxygen atoms in total. The van der Waals surface area contributed by atoms with E-state index in [9.17, 15) is 4.79 Å². The summed E-state index contributed by atoms with van der Waals surface area (Å²) in [5, 5.41) is 10.1. The fraction of sp³-hybridized carbons (Fsp3) is 0.286. The van der Waals surface area contributed by atoms with Gasteiger partial charge in [0, 0.05) is 22.9 Å². The minimum atomic E-state index is -0.716. The molecule has 0 spiro atoms. The van der Waals surface area contributed by atoms with Crippen molar-refractivity contribution in [2.45, 2.75) is 6.42 Å². The molecular formula is C14H13BrN2O2. The average Bonchev–Trinajstić information content (AvgIpc) is 2.88. The summed E-state index contributed by atoms with van der Waals surface area (Å²) in [4.78, 5) is 17.6. The monoisotopic (exact) mass is 320 g/mol. The van der Waals surface area contributed by atoms with Crippen LogP contribution in [0.1, 0.15) is 6.42 Å². The Kier molecular flexibility index (Phi) is 3.14. The Hall–Kier alpha value is -1.62. The summed E-state index contributed by atoms with van der Waals surface area (Å²) < 4.78 is 1.03. The number of rotatable bonds is 2. The summed E-state index contributed by atoms with van der Waals surface area (Å²) in [7, 11) is 0. The third kappa shape index (κ3) is 2.42. The second-order valence-electron chi connectivity index (χ2n) is 4.78. The van der Waals surface area contributed by atoms with Gasteiger partial charge in [0.1, 0.15) is 5.82 Å². The lowest BCUT2D eigenvalue weighted by atomic mass is 10.1. The Balaban J connectivity index is 1.90. The summed E-state index contributed by atoms with van der Waals surface area (Å²) in [5.74, 6) is -0.131. The number of carbonyl (C=O) groups is 1. The number of benzene rings is 1. The van der Waals surface area contributed by atoms with Crippen LogP contribution in [0.25, 0.3) is 10.9 Å². The molecule has 1 aliphatic rings. The van der Waals surface area contributed by atoms with E-state index in [0.717, 1.165) is 27.7 Å². The van der Waals surface area contributed by atoms with Crippen LogP contribution in [0.15, 0.2) is 34.8 Å². The van der Waals surface area contributed by atoms with Crippen molar-refractivity contribution in [3.05, 3.63) is 34.8 Å². The smallest absolute Gasteiger partial charge is 0.308 e. The van der Waals surface area contributed by atoms with Crippen molar-refractivity contribution in [1.29, 1.82) is 0 Å². The van der Waals surface area contributed by atoms with Crippen molar-refractivity contribution < 1.29 is 9.90 Å². The van der Waals surface area contributed by atoms with Gasteiger partial charge in [0.2, 0.25) is 0 Å². The molecule has 0 amide bonds. The van der Waals surface area contributed by atoms with Gasteiger partial charge in [-0.1, -0.05) is 15.9 Å². The summed E-state index contributed by atoms with van der Waals surface area (Å²) in [6.45, 7) is 1.30. The lowest BCUT2D eigenvalue weighted by Gasteiger charge is -2.17. The molecule has 5 heteroatoms. The largest absolute Gasteiger partial charge is 0.481 e. The Morgan fingerprint density at radius 2 is 2.21 bits per heavy atom. The topological polar surface area (TPSA) is 53.4 Å². The van der Waals surface area contributed by atoms with Crippen LogP contribution in [0, 0.1) is 5.92 Å². The normalized spacial score (nSPS) is 19.0. The highest BCUT2D eigenvalue weighted by Crippen LogP contribution is 2.25. The predicted octanol–water partition coefficient (Wildman–Crippen LogP) is 2.91. The Bertz CT molecular complexity index is 644. The van der Waals surface area contributed by atoms with Gasteiger partial charge in [0.05, 0.1) is 11.4 Å². The molecule has 1 unspecified atom stereocenters. The fourth-order valence-electron chi connectivity index (χ4n) is 2.43. The molecular weight excluding hydrogens is 308 g/mol. The van der Waals surface area contributed by atoms with E-state index in [4.69, 9.17) is 5.11 Å². The first-order valence-corrected chi connectivity index (χ1v) is 6.97. The highest BCUT2D eigenvalue weighted by molar-refractivity contribution is 9.10. The second-order valence-corrected chi connectivity index (χ2v) is 5.69. The van der Waals surface area contributed by atoms with Crippen LogP contribution in [0.4, 0.5) is 5.82 Å². The number of carboxylic acids is 1. The number of nitrogens with zero attached hydrogens (tertiary/aromatic N) is 2. The van der Waals surface area contributed by atoms with Gasteiger partial charge in [-0.2, -0.15) is 0 Å². The number of pyridine rings is 1. The van der Waals surface area contributed by atoms with Crippen LogP contribution in [0.2, 0.25) is 0 Å². The Labute approximate surface area is 119 Å². The van der Waals surface area contributed by atoms with E-state index in [0.29, 0.717) is 13.0 Å². The quantitative estimate of drug-likeness (QED) is 0.924. The molecule has 2 heterocycles. The predicted molar refractivity (Wildman–Crippen MR) is 77.4 cm³/mol. The van der Waals surface area contributed by atoms with E-state index in [1.54, 1.807) is 0 Å². The molecule has 1 saturated heterocycles. The molecule has 1 N–H and O–H groups in total. The van der Waals surface area contributed by atoms with Crippen molar-refractivity contribution in [2.75, 3.05) is 18.0 Å². The number of fused-ring (bicyclic) bond motifs is 1. The van der Waals surface area contributed by atoms with Gasteiger partial charge in [-0.15, -0.1) is 0 Å². The molecule has 1 aromatic heterocycles. The number of aliphatic carboxylic acids is 1. The Morgan fingerprint density at radius 3 is 2.95 bits per heavy atom. The zero-order chi connectivity index (χ0) is 13.4. The lowest BCUT2D eigenvalue weighted by molar-refractivity contribution is -0.140. The zero-order valence-electron chi connectivity index (χ0n) is 10.2. The van der Waals surface area contributed by atoms with Crippen LogP contribution in [0.3, 0.4) is 0 Å². The number of halogens is 1. The van der Waals surface area contributed by atoms with Gasteiger partial charge in [0.15, 0.2) is 0 Å². The molecule has 1 atom stereocenters. The molecule has 0 saturated carbocycles. The second kappa shape index (κ2) is 4.81. The van der Waals surface area contributed by atoms with Gasteiger partial charge < -0.3 is 10.0 Å². The van der Waals surface area contributed by atoms with Gasteiger partial charge in [-0.05, 0) is 36.8 Å². The van der Waals surface area contributed by atoms with Crippen LogP contribution in [0.5, 0.6) is 0 Å². The fourth-order valence-corrected chi connectivity index (χ4v) is 2.81. The zero-order valence-corrected chi connectivity index (χ0v) is 11.8. The first kappa shape index (κ1) is 12.4. The molecule has 1 aromatic carbocycles. The van der Waals surface area contributed by atoms with E-state index >= 15 is 0 Å². The summed E-state index contributed by atoms with van der Waals surface area (Å²) >= 11 is 3.44. The van der Waals surface area contributed by atoms with Crippen LogP contribution in [-0.4, -0.2) is 29.1 Å². The van der Waals surface area contributed by atoms with Gasteiger partial charge in [0.25, 0.3) is 0 Å². The Morgan fingerprint density at radius 1 is 1.37 bits per heavy atom. The minimum absolute atomic E-state index is 0.276. The molecule has 98 valence electrons. The highest BCUT2D eigenvalue weighted by atomic mass is 79.9. The lowest BCUT2D eigenvalue weighted by Crippen LogP contribution is -2.23. The van der Waals surface area contributed by atoms with E-state index in [-0.39, 0.29) is 5.92 Å². The molecule has 0 aliphatic carbocycles. The maximum Gasteiger partial charge on any atom is 0.308 e. The molecule has 0 bridgehead atoms. The highest BCUT2D eigenvalue weighted by Gasteiger charge is 2.28. The SMILES string of the molecule is O=C(O)C1CCN(c2ccc3cc(Br)ccc3n2)C1. The van der Waals surface area contributed by atoms with Crippen molar-refractivity contribution in [1.82, 2.24) is 4.98 Å². The van der Waals surface area contributed by atoms with Gasteiger partial charge in [-0.25, -0.2) is 4.98 Å². The van der Waals surface area contributed by atoms with Gasteiger partial charge in [-0.3, -0.25) is 4.79 Å². The van der Waals surface area contributed by atoms with E-state index in [1.807, 2.05) is 35.2 Å². The summed E-state index contributed by atoms with van der Waals surface area (Å²) in [6, 6.07) is 9.93. The van der Waals surface area contributed by atoms with E-state index in [1.165, 1.54) is 0 Å². The standard InChI is InChI=1S/C14H13BrN2O2/c15-11-2-3-12-9(7-11)1-4-13(16-12)17-6-5-10(8-17)14(18)19/h1-4,7,10H,5-6,8H2,(H,18,19). The van der Waals surface area contributed by atoms with Crippen molar-refractivity contribution in [2.24, 2.45) is 5.92 Å². The molecule has 1 aliphatic heterocycles. The number of hydrogen-bond acceptors (Lipinski definition) is 3. The first-order valence-electron chi connectivity index (χ1n) is 6.17. The maximum absolute atomic E-state index is 11.0. The van der Waals surface area contributed by atoms with E-state index in [2.05, 4.69) is 20.9 Å². The van der Waals surface area contributed by atoms with E-state index < -0.39 is 5.97 Å². The number of aromatic nitrogens is 1. The third-order valence-corrected chi connectivity index (χ3v) is 3.99. The molecule has 19 heavy (non-hydrogen) atoms. The molecule has 3 rings (SSSR count). The van der Waals surface area contributed by atoms with Crippen molar-refractivity contribution >= 4 is 38.6 Å². The molecule has 1 fully saturated rings. The van der Waals surface area contributed by atoms with Crippen LogP contribution < -0.4 is 4.90 Å². The minimum Gasteiger partial charge on any atom is -0.481 e. The summed E-state index contributed by atoms with van der Waals surface area (Å²) in [6.07, 6.45) is 0.690. The third-order valence-electron chi connectivity index (χ3n) is 3.50. The number of anilines is 1. The number of carboxylic acid groups (broad SMARTS) is 1.